The van der Waals surface area contributed by atoms with Crippen LogP contribution in [0, 0.1) is 0 Å². The molecular formula is C18H16N2O4S. The summed E-state index contributed by atoms with van der Waals surface area (Å²) in [5.74, 6) is -1.03. The van der Waals surface area contributed by atoms with Gasteiger partial charge in [0, 0.05) is 11.4 Å². The maximum absolute atomic E-state index is 12.2. The fraction of sp³-hybridized carbons (Fsp3) is 0.167. The highest BCUT2D eigenvalue weighted by Crippen LogP contribution is 2.34. The predicted molar refractivity (Wildman–Crippen MR) is 94.8 cm³/mol. The number of thioether (sulfide) groups is 1. The maximum atomic E-state index is 12.2. The van der Waals surface area contributed by atoms with Gasteiger partial charge in [-0.1, -0.05) is 24.3 Å². The van der Waals surface area contributed by atoms with E-state index in [1.54, 1.807) is 12.1 Å². The van der Waals surface area contributed by atoms with Crippen LogP contribution in [0.15, 0.2) is 53.4 Å². The first kappa shape index (κ1) is 17.0. The standard InChI is InChI=1S/C18H16N2O4S/c21-16(19-9-12-5-7-13(8-6-12)18(23)24)10-20-14-3-1-2-4-15(14)25-11-17(20)22/h1-8H,9-11H2,(H,19,21)(H,23,24). The molecule has 0 aliphatic carbocycles. The van der Waals surface area contributed by atoms with Crippen LogP contribution in [-0.2, 0) is 16.1 Å². The van der Waals surface area contributed by atoms with E-state index in [0.29, 0.717) is 5.75 Å². The number of carbonyl (C=O) groups excluding carboxylic acids is 2. The topological polar surface area (TPSA) is 86.7 Å². The molecule has 0 saturated heterocycles. The van der Waals surface area contributed by atoms with Crippen LogP contribution < -0.4 is 10.2 Å². The molecule has 3 rings (SSSR count). The third-order valence-corrected chi connectivity index (χ3v) is 4.85. The Bertz CT molecular complexity index is 820. The van der Waals surface area contributed by atoms with Crippen molar-refractivity contribution in [1.82, 2.24) is 5.32 Å². The van der Waals surface area contributed by atoms with Gasteiger partial charge in [-0.25, -0.2) is 4.79 Å². The number of rotatable bonds is 5. The summed E-state index contributed by atoms with van der Waals surface area (Å²) in [5.41, 5.74) is 1.74. The number of aromatic carboxylic acids is 1. The van der Waals surface area contributed by atoms with Gasteiger partial charge < -0.3 is 15.3 Å². The number of benzene rings is 2. The molecule has 1 aliphatic heterocycles. The minimum atomic E-state index is -0.990. The largest absolute Gasteiger partial charge is 0.478 e. The van der Waals surface area contributed by atoms with Crippen molar-refractivity contribution in [3.05, 3.63) is 59.7 Å². The van der Waals surface area contributed by atoms with Crippen LogP contribution in [0.3, 0.4) is 0 Å². The second-order valence-corrected chi connectivity index (χ2v) is 6.53. The van der Waals surface area contributed by atoms with Crippen molar-refractivity contribution in [2.45, 2.75) is 11.4 Å². The Balaban J connectivity index is 1.61. The monoisotopic (exact) mass is 356 g/mol. The fourth-order valence-corrected chi connectivity index (χ4v) is 3.43. The van der Waals surface area contributed by atoms with Crippen LogP contribution in [0.5, 0.6) is 0 Å². The number of hydrogen-bond acceptors (Lipinski definition) is 4. The van der Waals surface area contributed by atoms with Gasteiger partial charge in [0.15, 0.2) is 0 Å². The first-order chi connectivity index (χ1) is 12.0. The molecule has 0 unspecified atom stereocenters. The van der Waals surface area contributed by atoms with E-state index < -0.39 is 5.97 Å². The van der Waals surface area contributed by atoms with Crippen molar-refractivity contribution in [3.8, 4) is 0 Å². The highest BCUT2D eigenvalue weighted by Gasteiger charge is 2.26. The number of fused-ring (bicyclic) bond motifs is 1. The summed E-state index contributed by atoms with van der Waals surface area (Å²) in [7, 11) is 0. The first-order valence-electron chi connectivity index (χ1n) is 7.66. The summed E-state index contributed by atoms with van der Waals surface area (Å²) in [6.45, 7) is 0.237. The van der Waals surface area contributed by atoms with Crippen molar-refractivity contribution in [2.24, 2.45) is 0 Å². The molecule has 0 radical (unpaired) electrons. The van der Waals surface area contributed by atoms with Gasteiger partial charge >= 0.3 is 5.97 Å². The van der Waals surface area contributed by atoms with E-state index in [0.717, 1.165) is 16.1 Å². The number of amides is 2. The summed E-state index contributed by atoms with van der Waals surface area (Å²) in [5, 5.41) is 11.6. The van der Waals surface area contributed by atoms with Crippen LogP contribution in [0.4, 0.5) is 5.69 Å². The summed E-state index contributed by atoms with van der Waals surface area (Å²) >= 11 is 1.47. The van der Waals surface area contributed by atoms with E-state index >= 15 is 0 Å². The third-order valence-electron chi connectivity index (χ3n) is 3.80. The molecule has 2 N–H and O–H groups in total. The zero-order valence-corrected chi connectivity index (χ0v) is 14.1. The molecule has 7 heteroatoms. The molecule has 6 nitrogen and oxygen atoms in total. The van der Waals surface area contributed by atoms with Crippen LogP contribution in [0.25, 0.3) is 0 Å². The molecule has 128 valence electrons. The molecule has 2 amide bonds. The molecule has 0 saturated carbocycles. The number of anilines is 1. The lowest BCUT2D eigenvalue weighted by Crippen LogP contribution is -2.43. The van der Waals surface area contributed by atoms with E-state index in [4.69, 9.17) is 5.11 Å². The summed E-state index contributed by atoms with van der Waals surface area (Å²) < 4.78 is 0. The molecule has 1 heterocycles. The summed E-state index contributed by atoms with van der Waals surface area (Å²) in [4.78, 5) is 37.6. The van der Waals surface area contributed by atoms with Crippen molar-refractivity contribution in [3.63, 3.8) is 0 Å². The quantitative estimate of drug-likeness (QED) is 0.857. The van der Waals surface area contributed by atoms with Gasteiger partial charge in [0.05, 0.1) is 17.0 Å². The Morgan fingerprint density at radius 2 is 1.84 bits per heavy atom. The zero-order valence-electron chi connectivity index (χ0n) is 13.3. The zero-order chi connectivity index (χ0) is 17.8. The van der Waals surface area contributed by atoms with Gasteiger partial charge in [0.2, 0.25) is 11.8 Å². The fourth-order valence-electron chi connectivity index (χ4n) is 2.49. The number of nitrogens with one attached hydrogen (secondary N) is 1. The van der Waals surface area contributed by atoms with Gasteiger partial charge in [-0.15, -0.1) is 11.8 Å². The van der Waals surface area contributed by atoms with Crippen molar-refractivity contribution in [1.29, 1.82) is 0 Å². The van der Waals surface area contributed by atoms with E-state index in [-0.39, 0.29) is 30.5 Å². The number of carbonyl (C=O) groups is 3. The predicted octanol–water partition coefficient (Wildman–Crippen LogP) is 2.14. The molecule has 0 spiro atoms. The smallest absolute Gasteiger partial charge is 0.335 e. The first-order valence-corrected chi connectivity index (χ1v) is 8.64. The van der Waals surface area contributed by atoms with E-state index in [1.165, 1.54) is 28.8 Å². The number of hydrogen-bond donors (Lipinski definition) is 2. The Morgan fingerprint density at radius 1 is 1.12 bits per heavy atom. The number of carboxylic acid groups (broad SMARTS) is 1. The van der Waals surface area contributed by atoms with Crippen molar-refractivity contribution < 1.29 is 19.5 Å². The lowest BCUT2D eigenvalue weighted by molar-refractivity contribution is -0.123. The Morgan fingerprint density at radius 3 is 2.56 bits per heavy atom. The lowest BCUT2D eigenvalue weighted by atomic mass is 10.1. The normalized spacial score (nSPS) is 13.3. The number of nitrogens with zero attached hydrogens (tertiary/aromatic N) is 1. The van der Waals surface area contributed by atoms with Gasteiger partial charge in [-0.3, -0.25) is 9.59 Å². The maximum Gasteiger partial charge on any atom is 0.335 e. The molecule has 25 heavy (non-hydrogen) atoms. The molecule has 2 aromatic rings. The molecule has 0 atom stereocenters. The minimum Gasteiger partial charge on any atom is -0.478 e. The van der Waals surface area contributed by atoms with Gasteiger partial charge in [0.1, 0.15) is 6.54 Å². The molecule has 0 aromatic heterocycles. The molecule has 0 fully saturated rings. The second kappa shape index (κ2) is 7.40. The second-order valence-electron chi connectivity index (χ2n) is 5.52. The molecule has 0 bridgehead atoms. The van der Waals surface area contributed by atoms with Crippen LogP contribution in [-0.4, -0.2) is 35.2 Å². The summed E-state index contributed by atoms with van der Waals surface area (Å²) in [6.07, 6.45) is 0. The number of carboxylic acids is 1. The average Bonchev–Trinajstić information content (AvgIpc) is 2.63. The van der Waals surface area contributed by atoms with Gasteiger partial charge in [-0.05, 0) is 29.8 Å². The number of para-hydroxylation sites is 1. The Kier molecular flexibility index (Phi) is 5.04. The molecule has 1 aliphatic rings. The molecular weight excluding hydrogens is 340 g/mol. The Hall–Kier alpha value is -2.80. The van der Waals surface area contributed by atoms with Gasteiger partial charge in [0.25, 0.3) is 0 Å². The molecule has 2 aromatic carbocycles. The SMILES string of the molecule is O=C(CN1C(=O)CSc2ccccc21)NCc1ccc(C(=O)O)cc1. The van der Waals surface area contributed by atoms with Crippen LogP contribution >= 0.6 is 11.8 Å². The highest BCUT2D eigenvalue weighted by molar-refractivity contribution is 8.00. The van der Waals surface area contributed by atoms with Crippen molar-refractivity contribution >= 4 is 35.2 Å². The summed E-state index contributed by atoms with van der Waals surface area (Å²) in [6, 6.07) is 13.8. The van der Waals surface area contributed by atoms with Crippen molar-refractivity contribution in [2.75, 3.05) is 17.2 Å². The highest BCUT2D eigenvalue weighted by atomic mass is 32.2. The third kappa shape index (κ3) is 4.00. The Labute approximate surface area is 148 Å². The van der Waals surface area contributed by atoms with E-state index in [1.807, 2.05) is 24.3 Å². The van der Waals surface area contributed by atoms with Gasteiger partial charge in [-0.2, -0.15) is 0 Å². The minimum absolute atomic E-state index is 0.0381. The van der Waals surface area contributed by atoms with E-state index in [2.05, 4.69) is 5.32 Å². The van der Waals surface area contributed by atoms with E-state index in [9.17, 15) is 14.4 Å². The lowest BCUT2D eigenvalue weighted by Gasteiger charge is -2.28. The van der Waals surface area contributed by atoms with Crippen LogP contribution in [0.2, 0.25) is 0 Å². The average molecular weight is 356 g/mol. The van der Waals surface area contributed by atoms with Crippen LogP contribution in [0.1, 0.15) is 15.9 Å².